The van der Waals surface area contributed by atoms with Crippen LogP contribution in [0.1, 0.15) is 36.0 Å². The van der Waals surface area contributed by atoms with E-state index in [1.54, 1.807) is 0 Å². The molecule has 1 aliphatic carbocycles. The van der Waals surface area contributed by atoms with Crippen LogP contribution in [0.25, 0.3) is 0 Å². The summed E-state index contributed by atoms with van der Waals surface area (Å²) in [5, 5.41) is 3.44. The van der Waals surface area contributed by atoms with Gasteiger partial charge in [-0.3, -0.25) is 0 Å². The number of hydrogen-bond donors (Lipinski definition) is 1. The maximum Gasteiger partial charge on any atom is 0.123 e. The summed E-state index contributed by atoms with van der Waals surface area (Å²) in [7, 11) is 0. The monoisotopic (exact) mass is 281 g/mol. The van der Waals surface area contributed by atoms with Crippen molar-refractivity contribution in [1.82, 2.24) is 5.32 Å². The number of nitrogens with one attached hydrogen (secondary N) is 1. The maximum absolute atomic E-state index is 6.09. The Kier molecular flexibility index (Phi) is 4.56. The molecule has 2 heteroatoms. The van der Waals surface area contributed by atoms with Gasteiger partial charge in [0.1, 0.15) is 5.75 Å². The van der Waals surface area contributed by atoms with Crippen LogP contribution in [-0.2, 0) is 13.0 Å². The van der Waals surface area contributed by atoms with Gasteiger partial charge >= 0.3 is 0 Å². The van der Waals surface area contributed by atoms with Gasteiger partial charge in [0.05, 0.1) is 6.61 Å². The second-order valence-electron chi connectivity index (χ2n) is 5.70. The lowest BCUT2D eigenvalue weighted by molar-refractivity contribution is 0.272. The average molecular weight is 281 g/mol. The van der Waals surface area contributed by atoms with Crippen molar-refractivity contribution in [2.45, 2.75) is 32.2 Å². The van der Waals surface area contributed by atoms with Crippen LogP contribution in [0.3, 0.4) is 0 Å². The molecule has 0 fully saturated rings. The van der Waals surface area contributed by atoms with E-state index < -0.39 is 0 Å². The lowest BCUT2D eigenvalue weighted by Gasteiger charge is -2.30. The molecule has 21 heavy (non-hydrogen) atoms. The molecule has 0 aromatic heterocycles. The summed E-state index contributed by atoms with van der Waals surface area (Å²) in [5.41, 5.74) is 4.18. The molecule has 0 radical (unpaired) electrons. The first-order valence-corrected chi connectivity index (χ1v) is 7.87. The molecule has 1 unspecified atom stereocenters. The predicted octanol–water partition coefficient (Wildman–Crippen LogP) is 3.90. The molecule has 0 aliphatic heterocycles. The van der Waals surface area contributed by atoms with Crippen molar-refractivity contribution < 1.29 is 4.74 Å². The van der Waals surface area contributed by atoms with Crippen molar-refractivity contribution in [3.8, 4) is 5.75 Å². The molecule has 0 amide bonds. The van der Waals surface area contributed by atoms with Crippen LogP contribution in [-0.4, -0.2) is 13.2 Å². The van der Waals surface area contributed by atoms with Crippen LogP contribution >= 0.6 is 0 Å². The largest absolute Gasteiger partial charge is 0.493 e. The minimum absolute atomic E-state index is 0.554. The highest BCUT2D eigenvalue weighted by atomic mass is 16.5. The highest BCUT2D eigenvalue weighted by Gasteiger charge is 2.25. The SMILES string of the molecule is CCCNCc1ccccc1OCC1Cc2ccccc21. The first-order valence-electron chi connectivity index (χ1n) is 7.87. The highest BCUT2D eigenvalue weighted by Crippen LogP contribution is 2.35. The Morgan fingerprint density at radius 1 is 1.10 bits per heavy atom. The van der Waals surface area contributed by atoms with Crippen LogP contribution in [0.15, 0.2) is 48.5 Å². The predicted molar refractivity (Wildman–Crippen MR) is 86.8 cm³/mol. The standard InChI is InChI=1S/C19H23NO/c1-2-11-20-13-16-8-4-6-10-19(16)21-14-17-12-15-7-3-5-9-18(15)17/h3-10,17,20H,2,11-14H2,1H3. The summed E-state index contributed by atoms with van der Waals surface area (Å²) in [5.74, 6) is 1.57. The molecular weight excluding hydrogens is 258 g/mol. The van der Waals surface area contributed by atoms with Gasteiger partial charge in [0.25, 0.3) is 0 Å². The number of benzene rings is 2. The Bertz CT molecular complexity index is 594. The van der Waals surface area contributed by atoms with Crippen LogP contribution in [0, 0.1) is 0 Å². The van der Waals surface area contributed by atoms with Crippen LogP contribution < -0.4 is 10.1 Å². The summed E-state index contributed by atoms with van der Waals surface area (Å²) < 4.78 is 6.09. The second-order valence-corrected chi connectivity index (χ2v) is 5.70. The molecule has 0 saturated heterocycles. The molecule has 1 aliphatic rings. The third-order valence-electron chi connectivity index (χ3n) is 4.12. The number of fused-ring (bicyclic) bond motifs is 1. The summed E-state index contributed by atoms with van der Waals surface area (Å²) in [6.07, 6.45) is 2.30. The van der Waals surface area contributed by atoms with E-state index in [1.807, 2.05) is 6.07 Å². The van der Waals surface area contributed by atoms with Crippen molar-refractivity contribution >= 4 is 0 Å². The van der Waals surface area contributed by atoms with Crippen molar-refractivity contribution in [2.24, 2.45) is 0 Å². The van der Waals surface area contributed by atoms with Crippen LogP contribution in [0.2, 0.25) is 0 Å². The second kappa shape index (κ2) is 6.77. The fourth-order valence-corrected chi connectivity index (χ4v) is 2.89. The third-order valence-corrected chi connectivity index (χ3v) is 4.12. The van der Waals surface area contributed by atoms with E-state index in [0.717, 1.165) is 38.3 Å². The fourth-order valence-electron chi connectivity index (χ4n) is 2.89. The Morgan fingerprint density at radius 2 is 1.90 bits per heavy atom. The van der Waals surface area contributed by atoms with Crippen LogP contribution in [0.4, 0.5) is 0 Å². The zero-order valence-corrected chi connectivity index (χ0v) is 12.6. The van der Waals surface area contributed by atoms with Gasteiger partial charge in [0, 0.05) is 18.0 Å². The summed E-state index contributed by atoms with van der Waals surface area (Å²) >= 11 is 0. The molecule has 110 valence electrons. The molecule has 2 nitrogen and oxygen atoms in total. The summed E-state index contributed by atoms with van der Waals surface area (Å²) in [4.78, 5) is 0. The van der Waals surface area contributed by atoms with E-state index in [9.17, 15) is 0 Å². The fraction of sp³-hybridized carbons (Fsp3) is 0.368. The Morgan fingerprint density at radius 3 is 2.76 bits per heavy atom. The average Bonchev–Trinajstić information content (AvgIpc) is 2.50. The van der Waals surface area contributed by atoms with Gasteiger partial charge in [0.2, 0.25) is 0 Å². The number of hydrogen-bond acceptors (Lipinski definition) is 2. The normalized spacial score (nSPS) is 16.1. The minimum Gasteiger partial charge on any atom is -0.493 e. The molecule has 2 aromatic carbocycles. The van der Waals surface area contributed by atoms with Gasteiger partial charge in [-0.05, 0) is 36.6 Å². The van der Waals surface area contributed by atoms with Crippen molar-refractivity contribution in [1.29, 1.82) is 0 Å². The van der Waals surface area contributed by atoms with E-state index in [-0.39, 0.29) is 0 Å². The molecule has 2 aromatic rings. The Hall–Kier alpha value is -1.80. The molecule has 1 N–H and O–H groups in total. The molecule has 0 heterocycles. The van der Waals surface area contributed by atoms with E-state index in [4.69, 9.17) is 4.74 Å². The van der Waals surface area contributed by atoms with Gasteiger partial charge in [-0.15, -0.1) is 0 Å². The molecule has 0 bridgehead atoms. The molecular formula is C19H23NO. The molecule has 0 saturated carbocycles. The van der Waals surface area contributed by atoms with E-state index in [2.05, 4.69) is 54.7 Å². The van der Waals surface area contributed by atoms with E-state index in [0.29, 0.717) is 5.92 Å². The van der Waals surface area contributed by atoms with Gasteiger partial charge in [-0.25, -0.2) is 0 Å². The van der Waals surface area contributed by atoms with Gasteiger partial charge < -0.3 is 10.1 Å². The molecule has 0 spiro atoms. The van der Waals surface area contributed by atoms with Crippen LogP contribution in [0.5, 0.6) is 5.75 Å². The minimum atomic E-state index is 0.554. The van der Waals surface area contributed by atoms with Crippen molar-refractivity contribution in [3.05, 3.63) is 65.2 Å². The van der Waals surface area contributed by atoms with E-state index in [1.165, 1.54) is 16.7 Å². The Labute approximate surface area is 127 Å². The highest BCUT2D eigenvalue weighted by molar-refractivity contribution is 5.40. The Balaban J connectivity index is 1.59. The number of para-hydroxylation sites is 1. The van der Waals surface area contributed by atoms with Crippen molar-refractivity contribution in [2.75, 3.05) is 13.2 Å². The zero-order chi connectivity index (χ0) is 14.5. The van der Waals surface area contributed by atoms with Gasteiger partial charge in [0.15, 0.2) is 0 Å². The van der Waals surface area contributed by atoms with E-state index >= 15 is 0 Å². The lowest BCUT2D eigenvalue weighted by Crippen LogP contribution is -2.23. The molecule has 1 atom stereocenters. The zero-order valence-electron chi connectivity index (χ0n) is 12.6. The smallest absolute Gasteiger partial charge is 0.123 e. The van der Waals surface area contributed by atoms with Gasteiger partial charge in [-0.1, -0.05) is 49.4 Å². The van der Waals surface area contributed by atoms with Crippen molar-refractivity contribution in [3.63, 3.8) is 0 Å². The first kappa shape index (κ1) is 14.2. The summed E-state index contributed by atoms with van der Waals surface area (Å²) in [6, 6.07) is 17.0. The first-order chi connectivity index (χ1) is 10.4. The lowest BCUT2D eigenvalue weighted by atomic mass is 9.78. The topological polar surface area (TPSA) is 21.3 Å². The number of rotatable bonds is 7. The third kappa shape index (κ3) is 3.27. The quantitative estimate of drug-likeness (QED) is 0.777. The molecule has 3 rings (SSSR count). The maximum atomic E-state index is 6.09. The summed E-state index contributed by atoms with van der Waals surface area (Å²) in [6.45, 7) is 4.89. The number of ether oxygens (including phenoxy) is 1. The van der Waals surface area contributed by atoms with Gasteiger partial charge in [-0.2, -0.15) is 0 Å².